The van der Waals surface area contributed by atoms with E-state index in [0.717, 1.165) is 27.6 Å². The predicted octanol–water partition coefficient (Wildman–Crippen LogP) is 3.95. The quantitative estimate of drug-likeness (QED) is 0.569. The molecule has 2 aromatic heterocycles. The molecule has 0 atom stereocenters. The molecule has 0 saturated heterocycles. The zero-order chi connectivity index (χ0) is 15.1. The minimum absolute atomic E-state index is 0.345. The van der Waals surface area contributed by atoms with E-state index in [2.05, 4.69) is 4.98 Å². The second kappa shape index (κ2) is 4.77. The molecule has 2 heterocycles. The first-order valence-corrected chi connectivity index (χ1v) is 6.94. The summed E-state index contributed by atoms with van der Waals surface area (Å²) >= 11 is 0. The number of rotatable bonds is 2. The van der Waals surface area contributed by atoms with E-state index >= 15 is 0 Å². The van der Waals surface area contributed by atoms with Crippen LogP contribution in [0, 0.1) is 0 Å². The highest BCUT2D eigenvalue weighted by atomic mass is 16.5. The van der Waals surface area contributed by atoms with Crippen molar-refractivity contribution in [2.24, 2.45) is 0 Å². The van der Waals surface area contributed by atoms with Gasteiger partial charge in [-0.15, -0.1) is 0 Å². The number of para-hydroxylation sites is 1. The van der Waals surface area contributed by atoms with E-state index in [-0.39, 0.29) is 5.63 Å². The molecular weight excluding hydrogens is 278 g/mol. The average Bonchev–Trinajstić information content (AvgIpc) is 2.97. The van der Waals surface area contributed by atoms with Gasteiger partial charge in [0.2, 0.25) is 0 Å². The molecule has 4 nitrogen and oxygen atoms in total. The fourth-order valence-electron chi connectivity index (χ4n) is 2.70. The van der Waals surface area contributed by atoms with Crippen molar-refractivity contribution in [1.29, 1.82) is 0 Å². The van der Waals surface area contributed by atoms with E-state index in [1.165, 1.54) is 0 Å². The van der Waals surface area contributed by atoms with Gasteiger partial charge < -0.3 is 14.1 Å². The molecule has 4 heteroatoms. The summed E-state index contributed by atoms with van der Waals surface area (Å²) in [5.41, 5.74) is 2.55. The molecule has 0 aliphatic carbocycles. The number of hydrogen-bond acceptors (Lipinski definition) is 3. The Hall–Kier alpha value is -3.01. The number of H-pyrrole nitrogens is 1. The SMILES string of the molecule is COc1ccc2[nH]cc(-c3cc4ccccc4oc3=O)c2c1. The summed E-state index contributed by atoms with van der Waals surface area (Å²) in [7, 11) is 1.62. The van der Waals surface area contributed by atoms with Crippen LogP contribution in [0.2, 0.25) is 0 Å². The fraction of sp³-hybridized carbons (Fsp3) is 0.0556. The molecule has 0 unspecified atom stereocenters. The summed E-state index contributed by atoms with van der Waals surface area (Å²) in [6.45, 7) is 0. The summed E-state index contributed by atoms with van der Waals surface area (Å²) in [6.07, 6.45) is 1.82. The van der Waals surface area contributed by atoms with E-state index in [0.29, 0.717) is 11.1 Å². The van der Waals surface area contributed by atoms with E-state index < -0.39 is 0 Å². The van der Waals surface area contributed by atoms with E-state index in [1.807, 2.05) is 48.7 Å². The first-order chi connectivity index (χ1) is 10.8. The Morgan fingerprint density at radius 3 is 2.77 bits per heavy atom. The molecule has 2 aromatic carbocycles. The second-order valence-corrected chi connectivity index (χ2v) is 5.10. The first-order valence-electron chi connectivity index (χ1n) is 6.94. The van der Waals surface area contributed by atoms with Crippen molar-refractivity contribution in [3.63, 3.8) is 0 Å². The minimum Gasteiger partial charge on any atom is -0.497 e. The summed E-state index contributed by atoms with van der Waals surface area (Å²) in [4.78, 5) is 15.5. The van der Waals surface area contributed by atoms with Crippen LogP contribution in [-0.4, -0.2) is 12.1 Å². The number of methoxy groups -OCH3 is 1. The number of ether oxygens (including phenoxy) is 1. The maximum atomic E-state index is 12.3. The van der Waals surface area contributed by atoms with Crippen LogP contribution in [0.15, 0.2) is 63.9 Å². The Morgan fingerprint density at radius 2 is 1.91 bits per heavy atom. The highest BCUT2D eigenvalue weighted by molar-refractivity contribution is 5.97. The molecule has 4 rings (SSSR count). The van der Waals surface area contributed by atoms with Crippen molar-refractivity contribution in [3.8, 4) is 16.9 Å². The van der Waals surface area contributed by atoms with Gasteiger partial charge in [0.05, 0.1) is 12.7 Å². The Labute approximate surface area is 126 Å². The lowest BCUT2D eigenvalue weighted by atomic mass is 10.0. The molecular formula is C18H13NO3. The van der Waals surface area contributed by atoms with Gasteiger partial charge in [0, 0.05) is 28.0 Å². The molecule has 22 heavy (non-hydrogen) atoms. The Kier molecular flexibility index (Phi) is 2.76. The highest BCUT2D eigenvalue weighted by Crippen LogP contribution is 2.30. The van der Waals surface area contributed by atoms with Gasteiger partial charge in [-0.05, 0) is 30.3 Å². The highest BCUT2D eigenvalue weighted by Gasteiger charge is 2.13. The smallest absolute Gasteiger partial charge is 0.344 e. The third-order valence-electron chi connectivity index (χ3n) is 3.82. The van der Waals surface area contributed by atoms with Crippen molar-refractivity contribution in [3.05, 3.63) is 65.1 Å². The van der Waals surface area contributed by atoms with Gasteiger partial charge in [-0.2, -0.15) is 0 Å². The van der Waals surface area contributed by atoms with Crippen LogP contribution < -0.4 is 10.4 Å². The Bertz CT molecular complexity index is 1040. The maximum absolute atomic E-state index is 12.3. The van der Waals surface area contributed by atoms with Crippen LogP contribution in [0.4, 0.5) is 0 Å². The first kappa shape index (κ1) is 12.7. The summed E-state index contributed by atoms with van der Waals surface area (Å²) < 4.78 is 10.7. The fourth-order valence-corrected chi connectivity index (χ4v) is 2.70. The minimum atomic E-state index is -0.345. The van der Waals surface area contributed by atoms with Crippen LogP contribution in [0.3, 0.4) is 0 Å². The van der Waals surface area contributed by atoms with Gasteiger partial charge in [0.1, 0.15) is 11.3 Å². The molecule has 4 aromatic rings. The molecule has 0 amide bonds. The molecule has 0 aliphatic rings. The summed E-state index contributed by atoms with van der Waals surface area (Å²) in [5, 5.41) is 1.83. The molecule has 0 bridgehead atoms. The largest absolute Gasteiger partial charge is 0.497 e. The second-order valence-electron chi connectivity index (χ2n) is 5.10. The third kappa shape index (κ3) is 1.89. The van der Waals surface area contributed by atoms with Crippen LogP contribution in [-0.2, 0) is 0 Å². The molecule has 0 fully saturated rings. The van der Waals surface area contributed by atoms with E-state index in [4.69, 9.17) is 9.15 Å². The number of benzene rings is 2. The lowest BCUT2D eigenvalue weighted by Gasteiger charge is -2.03. The van der Waals surface area contributed by atoms with E-state index in [9.17, 15) is 4.79 Å². The van der Waals surface area contributed by atoms with Crippen LogP contribution in [0.25, 0.3) is 33.0 Å². The maximum Gasteiger partial charge on any atom is 0.344 e. The molecule has 108 valence electrons. The number of nitrogens with one attached hydrogen (secondary N) is 1. The molecule has 0 spiro atoms. The van der Waals surface area contributed by atoms with Gasteiger partial charge >= 0.3 is 5.63 Å². The number of aromatic amines is 1. The number of fused-ring (bicyclic) bond motifs is 2. The van der Waals surface area contributed by atoms with Gasteiger partial charge in [0.25, 0.3) is 0 Å². The van der Waals surface area contributed by atoms with Gasteiger partial charge in [-0.3, -0.25) is 0 Å². The van der Waals surface area contributed by atoms with Crippen molar-refractivity contribution in [2.45, 2.75) is 0 Å². The average molecular weight is 291 g/mol. The monoisotopic (exact) mass is 291 g/mol. The van der Waals surface area contributed by atoms with Gasteiger partial charge in [0.15, 0.2) is 0 Å². The van der Waals surface area contributed by atoms with Crippen LogP contribution in [0.5, 0.6) is 5.75 Å². The van der Waals surface area contributed by atoms with Crippen molar-refractivity contribution < 1.29 is 9.15 Å². The summed E-state index contributed by atoms with van der Waals surface area (Å²) in [6, 6.07) is 15.1. The zero-order valence-corrected chi connectivity index (χ0v) is 11.9. The predicted molar refractivity (Wildman–Crippen MR) is 86.3 cm³/mol. The van der Waals surface area contributed by atoms with Crippen molar-refractivity contribution in [1.82, 2.24) is 4.98 Å². The zero-order valence-electron chi connectivity index (χ0n) is 11.9. The van der Waals surface area contributed by atoms with Gasteiger partial charge in [-0.25, -0.2) is 4.79 Å². The van der Waals surface area contributed by atoms with Crippen LogP contribution >= 0.6 is 0 Å². The molecule has 0 aliphatic heterocycles. The third-order valence-corrected chi connectivity index (χ3v) is 3.82. The molecule has 1 N–H and O–H groups in total. The normalized spacial score (nSPS) is 11.1. The van der Waals surface area contributed by atoms with E-state index in [1.54, 1.807) is 13.2 Å². The standard InChI is InChI=1S/C18H13NO3/c1-21-12-6-7-16-13(9-12)15(10-19-16)14-8-11-4-2-3-5-17(11)22-18(14)20/h2-10,19H,1H3. The van der Waals surface area contributed by atoms with Crippen LogP contribution in [0.1, 0.15) is 0 Å². The molecule has 0 radical (unpaired) electrons. The van der Waals surface area contributed by atoms with Gasteiger partial charge in [-0.1, -0.05) is 18.2 Å². The lowest BCUT2D eigenvalue weighted by Crippen LogP contribution is -2.02. The Balaban J connectivity index is 2.02. The van der Waals surface area contributed by atoms with Crippen molar-refractivity contribution >= 4 is 21.9 Å². The summed E-state index contributed by atoms with van der Waals surface area (Å²) in [5.74, 6) is 0.749. The number of aromatic nitrogens is 1. The lowest BCUT2D eigenvalue weighted by molar-refractivity contribution is 0.415. The number of hydrogen-bond donors (Lipinski definition) is 1. The topological polar surface area (TPSA) is 55.2 Å². The molecule has 0 saturated carbocycles. The Morgan fingerprint density at radius 1 is 1.05 bits per heavy atom. The van der Waals surface area contributed by atoms with Crippen molar-refractivity contribution in [2.75, 3.05) is 7.11 Å².